The first-order chi connectivity index (χ1) is 14.6. The van der Waals surface area contributed by atoms with Crippen LogP contribution in [0.3, 0.4) is 0 Å². The number of amidine groups is 1. The van der Waals surface area contributed by atoms with Crippen LogP contribution in [-0.4, -0.2) is 29.1 Å². The Morgan fingerprint density at radius 3 is 2.65 bits per heavy atom. The van der Waals surface area contributed by atoms with E-state index in [1.807, 2.05) is 0 Å². The number of carbonyl (C=O) groups excluding carboxylic acids is 1. The molecule has 2 heterocycles. The van der Waals surface area contributed by atoms with Crippen molar-refractivity contribution in [2.45, 2.75) is 30.7 Å². The molecule has 1 aliphatic heterocycles. The van der Waals surface area contributed by atoms with Gasteiger partial charge in [-0.15, -0.1) is 0 Å². The number of aromatic nitrogens is 1. The van der Waals surface area contributed by atoms with Gasteiger partial charge in [0.1, 0.15) is 17.3 Å². The molecule has 3 N–H and O–H groups in total. The molecule has 0 bridgehead atoms. The quantitative estimate of drug-likeness (QED) is 0.519. The average Bonchev–Trinajstić information content (AvgIpc) is 2.72. The second kappa shape index (κ2) is 8.32. The monoisotopic (exact) mass is 440 g/mol. The molecular weight excluding hydrogens is 423 g/mol. The fraction of sp³-hybridized carbons (Fsp3) is 0.250. The molecule has 1 aromatic carbocycles. The second-order valence-corrected chi connectivity index (χ2v) is 6.69. The SMILES string of the molecule is C=COc1ccc(C(=O)Nc2ccc(F)c([C@@]3(C(F)F)N=C(N)CCC3(F)F)c2)nc1. The lowest BCUT2D eigenvalue weighted by molar-refractivity contribution is -0.145. The highest BCUT2D eigenvalue weighted by Gasteiger charge is 2.63. The predicted molar refractivity (Wildman–Crippen MR) is 103 cm³/mol. The number of nitrogens with two attached hydrogens (primary N) is 1. The van der Waals surface area contributed by atoms with Gasteiger partial charge in [-0.05, 0) is 30.3 Å². The van der Waals surface area contributed by atoms with Gasteiger partial charge in [-0.1, -0.05) is 6.58 Å². The van der Waals surface area contributed by atoms with E-state index in [9.17, 15) is 26.7 Å². The van der Waals surface area contributed by atoms with Crippen molar-refractivity contribution in [3.05, 3.63) is 66.4 Å². The summed E-state index contributed by atoms with van der Waals surface area (Å²) in [7, 11) is 0. The standard InChI is InChI=1S/C20H17F5N4O2/c1-2-31-12-4-6-15(27-10-12)17(30)28-11-3-5-14(21)13(9-11)20(18(22)23)19(24,25)8-7-16(26)29-20/h2-6,9-10,18H,1,7-8H2,(H2,26,29)(H,28,30)/t20-/m0/s1. The minimum Gasteiger partial charge on any atom is -0.464 e. The number of carbonyl (C=O) groups is 1. The van der Waals surface area contributed by atoms with Gasteiger partial charge in [0.2, 0.25) is 5.54 Å². The summed E-state index contributed by atoms with van der Waals surface area (Å²) in [6.07, 6.45) is -2.80. The first-order valence-corrected chi connectivity index (χ1v) is 8.96. The molecule has 0 radical (unpaired) electrons. The van der Waals surface area contributed by atoms with E-state index in [-0.39, 0.29) is 11.4 Å². The van der Waals surface area contributed by atoms with Crippen molar-refractivity contribution in [2.24, 2.45) is 10.7 Å². The van der Waals surface area contributed by atoms with Crippen molar-refractivity contribution in [1.29, 1.82) is 0 Å². The van der Waals surface area contributed by atoms with E-state index in [4.69, 9.17) is 10.5 Å². The zero-order chi connectivity index (χ0) is 22.8. The van der Waals surface area contributed by atoms with E-state index in [0.29, 0.717) is 17.9 Å². The minimum atomic E-state index is -4.07. The van der Waals surface area contributed by atoms with Crippen LogP contribution >= 0.6 is 0 Å². The molecule has 0 spiro atoms. The molecule has 0 saturated carbocycles. The Morgan fingerprint density at radius 1 is 1.29 bits per heavy atom. The number of nitrogens with zero attached hydrogens (tertiary/aromatic N) is 2. The molecule has 0 fully saturated rings. The number of halogens is 5. The zero-order valence-corrected chi connectivity index (χ0v) is 15.9. The Kier molecular flexibility index (Phi) is 5.96. The number of ether oxygens (including phenoxy) is 1. The van der Waals surface area contributed by atoms with Crippen LogP contribution in [0.4, 0.5) is 27.6 Å². The van der Waals surface area contributed by atoms with Crippen molar-refractivity contribution in [2.75, 3.05) is 5.32 Å². The lowest BCUT2D eigenvalue weighted by Crippen LogP contribution is -2.54. The third-order valence-corrected chi connectivity index (χ3v) is 4.71. The van der Waals surface area contributed by atoms with Crippen molar-refractivity contribution in [3.63, 3.8) is 0 Å². The summed E-state index contributed by atoms with van der Waals surface area (Å²) in [5, 5.41) is 2.31. The highest BCUT2D eigenvalue weighted by molar-refractivity contribution is 6.02. The number of hydrogen-bond donors (Lipinski definition) is 2. The van der Waals surface area contributed by atoms with Crippen LogP contribution in [0.15, 0.2) is 54.4 Å². The smallest absolute Gasteiger partial charge is 0.283 e. The molecule has 1 aromatic heterocycles. The maximum atomic E-state index is 14.6. The van der Waals surface area contributed by atoms with Gasteiger partial charge in [0.05, 0.1) is 18.3 Å². The molecular formula is C20H17F5N4O2. The topological polar surface area (TPSA) is 89.6 Å². The molecule has 11 heteroatoms. The summed E-state index contributed by atoms with van der Waals surface area (Å²) in [5.74, 6) is -6.32. The molecule has 1 amide bonds. The maximum Gasteiger partial charge on any atom is 0.283 e. The molecule has 6 nitrogen and oxygen atoms in total. The van der Waals surface area contributed by atoms with Gasteiger partial charge in [0, 0.05) is 24.1 Å². The van der Waals surface area contributed by atoms with Crippen molar-refractivity contribution in [1.82, 2.24) is 4.98 Å². The van der Waals surface area contributed by atoms with E-state index < -0.39 is 53.9 Å². The zero-order valence-electron chi connectivity index (χ0n) is 15.9. The van der Waals surface area contributed by atoms with Crippen molar-refractivity contribution < 1.29 is 31.5 Å². The molecule has 3 rings (SSSR count). The van der Waals surface area contributed by atoms with E-state index in [2.05, 4.69) is 21.9 Å². The van der Waals surface area contributed by atoms with Crippen LogP contribution in [0.25, 0.3) is 0 Å². The maximum absolute atomic E-state index is 14.6. The van der Waals surface area contributed by atoms with E-state index in [1.165, 1.54) is 18.3 Å². The molecule has 0 saturated heterocycles. The number of pyridine rings is 1. The highest BCUT2D eigenvalue weighted by atomic mass is 19.3. The number of amides is 1. The van der Waals surface area contributed by atoms with Gasteiger partial charge in [-0.25, -0.2) is 31.9 Å². The summed E-state index contributed by atoms with van der Waals surface area (Å²) in [6.45, 7) is 3.37. The third kappa shape index (κ3) is 4.07. The molecule has 1 aliphatic rings. The van der Waals surface area contributed by atoms with Crippen LogP contribution < -0.4 is 15.8 Å². The van der Waals surface area contributed by atoms with Gasteiger partial charge in [-0.3, -0.25) is 4.79 Å². The summed E-state index contributed by atoms with van der Waals surface area (Å²) >= 11 is 0. The molecule has 31 heavy (non-hydrogen) atoms. The number of nitrogens with one attached hydrogen (secondary N) is 1. The first kappa shape index (κ1) is 22.2. The summed E-state index contributed by atoms with van der Waals surface area (Å²) in [6, 6.07) is 5.16. The number of aliphatic imine (C=N–C) groups is 1. The Hall–Kier alpha value is -3.50. The summed E-state index contributed by atoms with van der Waals surface area (Å²) in [5.41, 5.74) is 0.575. The van der Waals surface area contributed by atoms with Gasteiger partial charge in [0.15, 0.2) is 0 Å². The molecule has 1 atom stereocenters. The highest BCUT2D eigenvalue weighted by Crippen LogP contribution is 2.51. The molecule has 0 aliphatic carbocycles. The predicted octanol–water partition coefficient (Wildman–Crippen LogP) is 4.24. The van der Waals surface area contributed by atoms with E-state index in [1.54, 1.807) is 0 Å². The number of hydrogen-bond acceptors (Lipinski definition) is 5. The lowest BCUT2D eigenvalue weighted by atomic mass is 9.79. The fourth-order valence-corrected chi connectivity index (χ4v) is 3.19. The van der Waals surface area contributed by atoms with Gasteiger partial charge >= 0.3 is 0 Å². The van der Waals surface area contributed by atoms with Crippen LogP contribution in [0.5, 0.6) is 5.75 Å². The second-order valence-electron chi connectivity index (χ2n) is 6.69. The largest absolute Gasteiger partial charge is 0.464 e. The fourth-order valence-electron chi connectivity index (χ4n) is 3.19. The summed E-state index contributed by atoms with van der Waals surface area (Å²) < 4.78 is 76.6. The van der Waals surface area contributed by atoms with Crippen LogP contribution in [0.1, 0.15) is 28.9 Å². The average molecular weight is 440 g/mol. The van der Waals surface area contributed by atoms with Crippen molar-refractivity contribution >= 4 is 17.4 Å². The van der Waals surface area contributed by atoms with Crippen LogP contribution in [0, 0.1) is 5.82 Å². The molecule has 2 aromatic rings. The first-order valence-electron chi connectivity index (χ1n) is 8.96. The Labute approximate surface area is 173 Å². The van der Waals surface area contributed by atoms with Crippen molar-refractivity contribution in [3.8, 4) is 5.75 Å². The third-order valence-electron chi connectivity index (χ3n) is 4.71. The number of alkyl halides is 4. The number of benzene rings is 1. The van der Waals surface area contributed by atoms with E-state index >= 15 is 0 Å². The normalized spacial score (nSPS) is 20.1. The molecule has 0 unspecified atom stereocenters. The van der Waals surface area contributed by atoms with Gasteiger partial charge in [0.25, 0.3) is 18.3 Å². The summed E-state index contributed by atoms with van der Waals surface area (Å²) in [4.78, 5) is 19.5. The van der Waals surface area contributed by atoms with Crippen LogP contribution in [-0.2, 0) is 5.54 Å². The Morgan fingerprint density at radius 2 is 2.03 bits per heavy atom. The van der Waals surface area contributed by atoms with Gasteiger partial charge in [-0.2, -0.15) is 0 Å². The number of rotatable bonds is 6. The van der Waals surface area contributed by atoms with Crippen LogP contribution in [0.2, 0.25) is 0 Å². The van der Waals surface area contributed by atoms with Gasteiger partial charge < -0.3 is 15.8 Å². The Balaban J connectivity index is 1.98. The Bertz CT molecular complexity index is 1030. The minimum absolute atomic E-state index is 0.0869. The lowest BCUT2D eigenvalue weighted by Gasteiger charge is -2.40. The number of anilines is 1. The van der Waals surface area contributed by atoms with E-state index in [0.717, 1.165) is 12.3 Å². The molecule has 164 valence electrons.